The van der Waals surface area contributed by atoms with Crippen LogP contribution in [0.15, 0.2) is 17.5 Å². The predicted molar refractivity (Wildman–Crippen MR) is 76.9 cm³/mol. The highest BCUT2D eigenvalue weighted by Crippen LogP contribution is 2.29. The molecule has 1 saturated carbocycles. The maximum Gasteiger partial charge on any atom is 0.0330 e. The SMILES string of the molecule is ClCCCCCCN(Cc1cccs1)C1CC1. The van der Waals surface area contributed by atoms with Crippen molar-refractivity contribution in [2.75, 3.05) is 12.4 Å². The number of hydrogen-bond donors (Lipinski definition) is 0. The van der Waals surface area contributed by atoms with E-state index in [1.165, 1.54) is 49.9 Å². The number of halogens is 1. The lowest BCUT2D eigenvalue weighted by atomic mass is 10.2. The van der Waals surface area contributed by atoms with E-state index >= 15 is 0 Å². The van der Waals surface area contributed by atoms with Gasteiger partial charge in [0.05, 0.1) is 0 Å². The average molecular weight is 272 g/mol. The molecule has 1 aliphatic carbocycles. The molecule has 1 aromatic rings. The van der Waals surface area contributed by atoms with Gasteiger partial charge in [-0.05, 0) is 43.7 Å². The van der Waals surface area contributed by atoms with Crippen LogP contribution in [0.3, 0.4) is 0 Å². The third-order valence-corrected chi connectivity index (χ3v) is 4.46. The lowest BCUT2D eigenvalue weighted by Crippen LogP contribution is -2.26. The zero-order valence-electron chi connectivity index (χ0n) is 10.4. The summed E-state index contributed by atoms with van der Waals surface area (Å²) in [5, 5.41) is 2.18. The fourth-order valence-corrected chi connectivity index (χ4v) is 3.11. The molecule has 1 aliphatic rings. The number of nitrogens with zero attached hydrogens (tertiary/aromatic N) is 1. The number of rotatable bonds is 9. The van der Waals surface area contributed by atoms with Gasteiger partial charge in [-0.1, -0.05) is 18.9 Å². The number of thiophene rings is 1. The van der Waals surface area contributed by atoms with Crippen LogP contribution in [0.4, 0.5) is 0 Å². The minimum Gasteiger partial charge on any atom is -0.295 e. The summed E-state index contributed by atoms with van der Waals surface area (Å²) in [5.41, 5.74) is 0. The molecule has 0 unspecified atom stereocenters. The van der Waals surface area contributed by atoms with Gasteiger partial charge in [-0.25, -0.2) is 0 Å². The summed E-state index contributed by atoms with van der Waals surface area (Å²) >= 11 is 7.57. The molecule has 0 aliphatic heterocycles. The molecule has 1 aromatic heterocycles. The molecule has 1 heterocycles. The molecule has 0 radical (unpaired) electrons. The van der Waals surface area contributed by atoms with Gasteiger partial charge in [0.2, 0.25) is 0 Å². The first-order chi connectivity index (χ1) is 8.40. The summed E-state index contributed by atoms with van der Waals surface area (Å²) in [6.07, 6.45) is 7.95. The monoisotopic (exact) mass is 271 g/mol. The minimum absolute atomic E-state index is 0.821. The second-order valence-electron chi connectivity index (χ2n) is 4.88. The van der Waals surface area contributed by atoms with Crippen LogP contribution in [0.1, 0.15) is 43.4 Å². The minimum atomic E-state index is 0.821. The maximum atomic E-state index is 5.69. The van der Waals surface area contributed by atoms with E-state index in [9.17, 15) is 0 Å². The topological polar surface area (TPSA) is 3.24 Å². The molecule has 2 rings (SSSR count). The fraction of sp³-hybridized carbons (Fsp3) is 0.714. The molecule has 96 valence electrons. The van der Waals surface area contributed by atoms with Crippen LogP contribution >= 0.6 is 22.9 Å². The highest BCUT2D eigenvalue weighted by molar-refractivity contribution is 7.09. The first-order valence-corrected chi connectivity index (χ1v) is 8.14. The maximum absolute atomic E-state index is 5.69. The smallest absolute Gasteiger partial charge is 0.0330 e. The van der Waals surface area contributed by atoms with Crippen molar-refractivity contribution in [1.82, 2.24) is 4.90 Å². The second kappa shape index (κ2) is 7.40. The molecule has 0 amide bonds. The zero-order valence-corrected chi connectivity index (χ0v) is 12.0. The van der Waals surface area contributed by atoms with Crippen molar-refractivity contribution in [2.24, 2.45) is 0 Å². The van der Waals surface area contributed by atoms with Crippen LogP contribution in [0.2, 0.25) is 0 Å². The van der Waals surface area contributed by atoms with Gasteiger partial charge in [-0.15, -0.1) is 22.9 Å². The summed E-state index contributed by atoms with van der Waals surface area (Å²) in [4.78, 5) is 4.18. The zero-order chi connectivity index (χ0) is 11.9. The second-order valence-corrected chi connectivity index (χ2v) is 6.29. The van der Waals surface area contributed by atoms with Crippen molar-refractivity contribution >= 4 is 22.9 Å². The Morgan fingerprint density at radius 1 is 1.24 bits per heavy atom. The molecule has 0 spiro atoms. The van der Waals surface area contributed by atoms with E-state index in [2.05, 4.69) is 22.4 Å². The molecule has 0 aromatic carbocycles. The number of unbranched alkanes of at least 4 members (excludes halogenated alkanes) is 3. The van der Waals surface area contributed by atoms with Crippen LogP contribution in [-0.4, -0.2) is 23.4 Å². The Kier molecular flexibility index (Phi) is 5.82. The number of hydrogen-bond acceptors (Lipinski definition) is 2. The third kappa shape index (κ3) is 4.99. The first kappa shape index (κ1) is 13.4. The summed E-state index contributed by atoms with van der Waals surface area (Å²) in [6, 6.07) is 5.30. The molecular formula is C14H22ClNS. The molecule has 3 heteroatoms. The van der Waals surface area contributed by atoms with Crippen molar-refractivity contribution in [3.63, 3.8) is 0 Å². The van der Waals surface area contributed by atoms with Gasteiger partial charge in [-0.2, -0.15) is 0 Å². The summed E-state index contributed by atoms with van der Waals surface area (Å²) < 4.78 is 0. The van der Waals surface area contributed by atoms with Gasteiger partial charge in [0.15, 0.2) is 0 Å². The Bertz CT molecular complexity index is 295. The molecule has 0 atom stereocenters. The quantitative estimate of drug-likeness (QED) is 0.472. The molecule has 0 N–H and O–H groups in total. The van der Waals surface area contributed by atoms with E-state index in [1.54, 1.807) is 0 Å². The molecule has 1 fully saturated rings. The van der Waals surface area contributed by atoms with E-state index < -0.39 is 0 Å². The van der Waals surface area contributed by atoms with E-state index in [4.69, 9.17) is 11.6 Å². The molecule has 0 saturated heterocycles. The van der Waals surface area contributed by atoms with Gasteiger partial charge in [0, 0.05) is 23.3 Å². The van der Waals surface area contributed by atoms with E-state index in [0.29, 0.717) is 0 Å². The molecular weight excluding hydrogens is 250 g/mol. The van der Waals surface area contributed by atoms with Crippen LogP contribution in [0.5, 0.6) is 0 Å². The van der Waals surface area contributed by atoms with Crippen molar-refractivity contribution in [2.45, 2.75) is 51.1 Å². The Morgan fingerprint density at radius 2 is 2.06 bits per heavy atom. The summed E-state index contributed by atoms with van der Waals surface area (Å²) in [7, 11) is 0. The molecule has 17 heavy (non-hydrogen) atoms. The van der Waals surface area contributed by atoms with Gasteiger partial charge in [0.25, 0.3) is 0 Å². The Hall–Kier alpha value is -0.0500. The van der Waals surface area contributed by atoms with Crippen LogP contribution in [-0.2, 0) is 6.54 Å². The van der Waals surface area contributed by atoms with Gasteiger partial charge in [0.1, 0.15) is 0 Å². The van der Waals surface area contributed by atoms with Crippen molar-refractivity contribution in [3.8, 4) is 0 Å². The lowest BCUT2D eigenvalue weighted by molar-refractivity contribution is 0.250. The molecule has 1 nitrogen and oxygen atoms in total. The predicted octanol–water partition coefficient (Wildman–Crippen LogP) is 4.51. The Balaban J connectivity index is 1.66. The standard InChI is InChI=1S/C14H22ClNS/c15-9-3-1-2-4-10-16(13-7-8-13)12-14-6-5-11-17-14/h5-6,11,13H,1-4,7-10,12H2. The Morgan fingerprint density at radius 3 is 2.71 bits per heavy atom. The van der Waals surface area contributed by atoms with Crippen LogP contribution < -0.4 is 0 Å². The van der Waals surface area contributed by atoms with Crippen molar-refractivity contribution in [3.05, 3.63) is 22.4 Å². The van der Waals surface area contributed by atoms with E-state index in [1.807, 2.05) is 11.3 Å². The highest BCUT2D eigenvalue weighted by Gasteiger charge is 2.28. The van der Waals surface area contributed by atoms with Crippen LogP contribution in [0.25, 0.3) is 0 Å². The fourth-order valence-electron chi connectivity index (χ4n) is 2.20. The number of alkyl halides is 1. The summed E-state index contributed by atoms with van der Waals surface area (Å²) in [6.45, 7) is 2.43. The van der Waals surface area contributed by atoms with Crippen LogP contribution in [0, 0.1) is 0 Å². The molecule has 0 bridgehead atoms. The average Bonchev–Trinajstić information content (AvgIpc) is 3.06. The third-order valence-electron chi connectivity index (χ3n) is 3.33. The van der Waals surface area contributed by atoms with Crippen molar-refractivity contribution < 1.29 is 0 Å². The van der Waals surface area contributed by atoms with E-state index in [-0.39, 0.29) is 0 Å². The Labute approximate surface area is 114 Å². The normalized spacial score (nSPS) is 15.6. The lowest BCUT2D eigenvalue weighted by Gasteiger charge is -2.21. The van der Waals surface area contributed by atoms with Gasteiger partial charge >= 0.3 is 0 Å². The van der Waals surface area contributed by atoms with Gasteiger partial charge in [-0.3, -0.25) is 4.90 Å². The van der Waals surface area contributed by atoms with E-state index in [0.717, 1.165) is 18.5 Å². The van der Waals surface area contributed by atoms with Gasteiger partial charge < -0.3 is 0 Å². The summed E-state index contributed by atoms with van der Waals surface area (Å²) in [5.74, 6) is 0.821. The highest BCUT2D eigenvalue weighted by atomic mass is 35.5. The van der Waals surface area contributed by atoms with Crippen molar-refractivity contribution in [1.29, 1.82) is 0 Å². The first-order valence-electron chi connectivity index (χ1n) is 6.72. The largest absolute Gasteiger partial charge is 0.295 e.